The molecule has 0 atom stereocenters. The number of hydrogen-bond acceptors (Lipinski definition) is 2. The molecule has 0 aliphatic carbocycles. The van der Waals surface area contributed by atoms with Crippen molar-refractivity contribution >= 4 is 23.5 Å². The Morgan fingerprint density at radius 3 is 2.38 bits per heavy atom. The molecule has 0 rings (SSSR count). The zero-order valence-electron chi connectivity index (χ0n) is 5.64. The van der Waals surface area contributed by atoms with Gasteiger partial charge in [0.1, 0.15) is 0 Å². The van der Waals surface area contributed by atoms with Crippen LogP contribution in [-0.4, -0.2) is 16.6 Å². The number of thioether (sulfide) groups is 2. The number of hydrogen-bond donors (Lipinski definition) is 0. The van der Waals surface area contributed by atoms with Crippen LogP contribution < -0.4 is 0 Å². The average Bonchev–Trinajstić information content (AvgIpc) is 1.81. The van der Waals surface area contributed by atoms with Crippen LogP contribution in [-0.2, 0) is 0 Å². The molecule has 0 bridgehead atoms. The SMILES string of the molecule is CCCSCSCC. The van der Waals surface area contributed by atoms with Crippen molar-refractivity contribution in [3.63, 3.8) is 0 Å². The highest BCUT2D eigenvalue weighted by Crippen LogP contribution is 2.11. The van der Waals surface area contributed by atoms with Crippen LogP contribution in [0.5, 0.6) is 0 Å². The van der Waals surface area contributed by atoms with Crippen molar-refractivity contribution in [1.29, 1.82) is 0 Å². The standard InChI is InChI=1S/C6H14S2/c1-3-5-8-6-7-4-2/h3-6H2,1-2H3. The van der Waals surface area contributed by atoms with Crippen LogP contribution >= 0.6 is 23.5 Å². The van der Waals surface area contributed by atoms with Crippen LogP contribution in [0.25, 0.3) is 0 Å². The predicted molar refractivity (Wildman–Crippen MR) is 45.7 cm³/mol. The third kappa shape index (κ3) is 6.70. The van der Waals surface area contributed by atoms with Crippen LogP contribution in [0.2, 0.25) is 0 Å². The summed E-state index contributed by atoms with van der Waals surface area (Å²) in [6.07, 6.45) is 1.31. The van der Waals surface area contributed by atoms with Crippen molar-refractivity contribution in [2.75, 3.05) is 16.6 Å². The third-order valence-electron chi connectivity index (χ3n) is 0.719. The highest BCUT2D eigenvalue weighted by molar-refractivity contribution is 8.15. The Morgan fingerprint density at radius 2 is 1.88 bits per heavy atom. The van der Waals surface area contributed by atoms with Gasteiger partial charge in [-0.25, -0.2) is 0 Å². The maximum atomic E-state index is 2.23. The fourth-order valence-electron chi connectivity index (χ4n) is 0.346. The molecule has 0 saturated heterocycles. The van der Waals surface area contributed by atoms with Crippen molar-refractivity contribution in [2.45, 2.75) is 20.3 Å². The van der Waals surface area contributed by atoms with Crippen molar-refractivity contribution in [3.8, 4) is 0 Å². The summed E-state index contributed by atoms with van der Waals surface area (Å²) in [4.78, 5) is 0. The van der Waals surface area contributed by atoms with Crippen molar-refractivity contribution in [2.24, 2.45) is 0 Å². The Bertz CT molecular complexity index is 31.5. The van der Waals surface area contributed by atoms with Crippen molar-refractivity contribution in [1.82, 2.24) is 0 Å². The summed E-state index contributed by atoms with van der Waals surface area (Å²) in [5.74, 6) is 2.59. The first-order valence-corrected chi connectivity index (χ1v) is 5.38. The number of rotatable bonds is 5. The van der Waals surface area contributed by atoms with Crippen LogP contribution in [0.4, 0.5) is 0 Å². The minimum absolute atomic E-state index is 1.26. The van der Waals surface area contributed by atoms with E-state index in [-0.39, 0.29) is 0 Å². The predicted octanol–water partition coefficient (Wildman–Crippen LogP) is 2.84. The van der Waals surface area contributed by atoms with Gasteiger partial charge >= 0.3 is 0 Å². The molecular formula is C6H14S2. The Morgan fingerprint density at radius 1 is 1.12 bits per heavy atom. The lowest BCUT2D eigenvalue weighted by molar-refractivity contribution is 1.11. The lowest BCUT2D eigenvalue weighted by Gasteiger charge is -1.94. The molecule has 0 aromatic carbocycles. The Labute approximate surface area is 60.8 Å². The van der Waals surface area contributed by atoms with E-state index in [0.717, 1.165) is 0 Å². The molecule has 0 saturated carbocycles. The van der Waals surface area contributed by atoms with Crippen molar-refractivity contribution < 1.29 is 0 Å². The maximum absolute atomic E-state index is 2.23. The summed E-state index contributed by atoms with van der Waals surface area (Å²) in [7, 11) is 0. The molecule has 0 aromatic heterocycles. The molecule has 0 N–H and O–H groups in total. The van der Waals surface area contributed by atoms with Gasteiger partial charge in [-0.2, -0.15) is 23.5 Å². The van der Waals surface area contributed by atoms with E-state index in [4.69, 9.17) is 0 Å². The zero-order chi connectivity index (χ0) is 6.24. The van der Waals surface area contributed by atoms with Crippen LogP contribution in [0.15, 0.2) is 0 Å². The summed E-state index contributed by atoms with van der Waals surface area (Å²) in [6.45, 7) is 4.43. The van der Waals surface area contributed by atoms with Gasteiger partial charge in [0, 0.05) is 5.08 Å². The van der Waals surface area contributed by atoms with Crippen molar-refractivity contribution in [3.05, 3.63) is 0 Å². The summed E-state index contributed by atoms with van der Waals surface area (Å²) >= 11 is 4.05. The molecule has 0 aliphatic rings. The molecule has 0 fully saturated rings. The average molecular weight is 150 g/mol. The molecule has 0 amide bonds. The van der Waals surface area contributed by atoms with Gasteiger partial charge in [-0.15, -0.1) is 0 Å². The van der Waals surface area contributed by atoms with E-state index in [9.17, 15) is 0 Å². The highest BCUT2D eigenvalue weighted by Gasteiger charge is 1.83. The topological polar surface area (TPSA) is 0 Å². The molecule has 0 radical (unpaired) electrons. The Balaban J connectivity index is 2.53. The minimum atomic E-state index is 1.26. The molecule has 8 heavy (non-hydrogen) atoms. The zero-order valence-corrected chi connectivity index (χ0v) is 7.28. The molecule has 0 nitrogen and oxygen atoms in total. The van der Waals surface area contributed by atoms with Gasteiger partial charge in [-0.3, -0.25) is 0 Å². The van der Waals surface area contributed by atoms with E-state index < -0.39 is 0 Å². The molecule has 2 heteroatoms. The monoisotopic (exact) mass is 150 g/mol. The quantitative estimate of drug-likeness (QED) is 0.436. The molecule has 0 aromatic rings. The van der Waals surface area contributed by atoms with Gasteiger partial charge in [0.2, 0.25) is 0 Å². The molecular weight excluding hydrogens is 136 g/mol. The van der Waals surface area contributed by atoms with Crippen LogP contribution in [0, 0.1) is 0 Å². The fourth-order valence-corrected chi connectivity index (χ4v) is 2.24. The largest absolute Gasteiger partial charge is 0.151 e. The van der Waals surface area contributed by atoms with E-state index in [0.29, 0.717) is 0 Å². The van der Waals surface area contributed by atoms with Gasteiger partial charge in [-0.05, 0) is 17.9 Å². The van der Waals surface area contributed by atoms with E-state index in [1.54, 1.807) is 0 Å². The first kappa shape index (κ1) is 8.70. The molecule has 0 heterocycles. The fraction of sp³-hybridized carbons (Fsp3) is 1.00. The van der Waals surface area contributed by atoms with Gasteiger partial charge < -0.3 is 0 Å². The van der Waals surface area contributed by atoms with E-state index in [2.05, 4.69) is 13.8 Å². The minimum Gasteiger partial charge on any atom is -0.151 e. The highest BCUT2D eigenvalue weighted by atomic mass is 32.2. The van der Waals surface area contributed by atoms with Gasteiger partial charge in [0.15, 0.2) is 0 Å². The molecule has 0 aliphatic heterocycles. The summed E-state index contributed by atoms with van der Waals surface area (Å²) < 4.78 is 0. The summed E-state index contributed by atoms with van der Waals surface area (Å²) in [5, 5.41) is 1.28. The first-order chi connectivity index (χ1) is 3.91. The second-order valence-electron chi connectivity index (χ2n) is 1.52. The van der Waals surface area contributed by atoms with E-state index in [1.165, 1.54) is 23.0 Å². The smallest absolute Gasteiger partial charge is 0.0391 e. The summed E-state index contributed by atoms with van der Waals surface area (Å²) in [6, 6.07) is 0. The van der Waals surface area contributed by atoms with E-state index >= 15 is 0 Å². The summed E-state index contributed by atoms with van der Waals surface area (Å²) in [5.41, 5.74) is 0. The normalized spacial score (nSPS) is 9.75. The first-order valence-electron chi connectivity index (χ1n) is 3.07. The second kappa shape index (κ2) is 7.70. The molecule has 0 spiro atoms. The van der Waals surface area contributed by atoms with Gasteiger partial charge in [-0.1, -0.05) is 13.8 Å². The lowest BCUT2D eigenvalue weighted by atomic mass is 10.6. The lowest BCUT2D eigenvalue weighted by Crippen LogP contribution is -1.75. The second-order valence-corrected chi connectivity index (χ2v) is 4.26. The van der Waals surface area contributed by atoms with Gasteiger partial charge in [0.05, 0.1) is 0 Å². The van der Waals surface area contributed by atoms with Crippen LogP contribution in [0.1, 0.15) is 20.3 Å². The Hall–Kier alpha value is 0.700. The van der Waals surface area contributed by atoms with Gasteiger partial charge in [0.25, 0.3) is 0 Å². The molecule has 50 valence electrons. The Kier molecular flexibility index (Phi) is 8.37. The maximum Gasteiger partial charge on any atom is 0.0391 e. The third-order valence-corrected chi connectivity index (χ3v) is 3.16. The molecule has 0 unspecified atom stereocenters. The van der Waals surface area contributed by atoms with Crippen LogP contribution in [0.3, 0.4) is 0 Å². The van der Waals surface area contributed by atoms with E-state index in [1.807, 2.05) is 23.5 Å².